The molecule has 0 saturated heterocycles. The molecule has 0 aliphatic heterocycles. The van der Waals surface area contributed by atoms with Crippen LogP contribution >= 0.6 is 0 Å². The number of aryl methyl sites for hydroxylation is 1. The van der Waals surface area contributed by atoms with E-state index in [9.17, 15) is 4.79 Å². The van der Waals surface area contributed by atoms with Crippen molar-refractivity contribution in [2.45, 2.75) is 26.7 Å². The Kier molecular flexibility index (Phi) is 6.12. The zero-order valence-corrected chi connectivity index (χ0v) is 17.5. The van der Waals surface area contributed by atoms with E-state index in [0.29, 0.717) is 23.3 Å². The summed E-state index contributed by atoms with van der Waals surface area (Å²) >= 11 is 0. The molecule has 0 bridgehead atoms. The van der Waals surface area contributed by atoms with Gasteiger partial charge in [-0.2, -0.15) is 0 Å². The quantitative estimate of drug-likeness (QED) is 0.623. The van der Waals surface area contributed by atoms with Crippen LogP contribution in [0.25, 0.3) is 0 Å². The molecular formula is C23H27N5O. The number of hydrogen-bond acceptors (Lipinski definition) is 5. The summed E-state index contributed by atoms with van der Waals surface area (Å²) in [7, 11) is 3.95. The van der Waals surface area contributed by atoms with E-state index in [-0.39, 0.29) is 5.91 Å². The number of aromatic nitrogens is 2. The molecule has 0 radical (unpaired) electrons. The second-order valence-corrected chi connectivity index (χ2v) is 7.48. The first-order chi connectivity index (χ1) is 13.8. The topological polar surface area (TPSA) is 70.2 Å². The number of nitrogens with one attached hydrogen (secondary N) is 2. The molecule has 2 aromatic carbocycles. The molecule has 29 heavy (non-hydrogen) atoms. The molecule has 0 unspecified atom stereocenters. The Morgan fingerprint density at radius 1 is 0.931 bits per heavy atom. The van der Waals surface area contributed by atoms with E-state index in [1.807, 2.05) is 55.4 Å². The lowest BCUT2D eigenvalue weighted by atomic mass is 10.0. The highest BCUT2D eigenvalue weighted by Gasteiger charge is 2.12. The lowest BCUT2D eigenvalue weighted by molar-refractivity contribution is 0.102. The summed E-state index contributed by atoms with van der Waals surface area (Å²) in [6.45, 7) is 6.10. The van der Waals surface area contributed by atoms with Crippen LogP contribution in [0.15, 0.2) is 54.6 Å². The van der Waals surface area contributed by atoms with Gasteiger partial charge in [0.05, 0.1) is 0 Å². The molecule has 3 aromatic rings. The monoisotopic (exact) mass is 389 g/mol. The van der Waals surface area contributed by atoms with E-state index >= 15 is 0 Å². The van der Waals surface area contributed by atoms with Crippen molar-refractivity contribution in [2.75, 3.05) is 29.6 Å². The number of benzene rings is 2. The van der Waals surface area contributed by atoms with Crippen LogP contribution in [0.5, 0.6) is 0 Å². The van der Waals surface area contributed by atoms with Gasteiger partial charge in [-0.3, -0.25) is 4.79 Å². The summed E-state index contributed by atoms with van der Waals surface area (Å²) in [4.78, 5) is 23.4. The van der Waals surface area contributed by atoms with Gasteiger partial charge in [0.1, 0.15) is 17.3 Å². The number of nitrogens with zero attached hydrogens (tertiary/aromatic N) is 3. The maximum Gasteiger partial charge on any atom is 0.274 e. The minimum Gasteiger partial charge on any atom is -0.378 e. The van der Waals surface area contributed by atoms with E-state index in [2.05, 4.69) is 46.6 Å². The molecule has 150 valence electrons. The van der Waals surface area contributed by atoms with E-state index < -0.39 is 0 Å². The Morgan fingerprint density at radius 2 is 1.55 bits per heavy atom. The smallest absolute Gasteiger partial charge is 0.274 e. The minimum atomic E-state index is -0.272. The van der Waals surface area contributed by atoms with Crippen molar-refractivity contribution in [3.05, 3.63) is 71.7 Å². The van der Waals surface area contributed by atoms with Crippen molar-refractivity contribution in [3.8, 4) is 0 Å². The third-order valence-corrected chi connectivity index (χ3v) is 4.56. The first-order valence-electron chi connectivity index (χ1n) is 9.63. The van der Waals surface area contributed by atoms with Crippen LogP contribution in [0.4, 0.5) is 22.9 Å². The second-order valence-electron chi connectivity index (χ2n) is 7.48. The van der Waals surface area contributed by atoms with Crippen molar-refractivity contribution in [1.29, 1.82) is 0 Å². The number of carbonyl (C=O) groups is 1. The maximum atomic E-state index is 12.7. The number of amides is 1. The third-order valence-electron chi connectivity index (χ3n) is 4.56. The molecule has 0 aliphatic carbocycles. The molecule has 1 amide bonds. The van der Waals surface area contributed by atoms with Gasteiger partial charge in [0.25, 0.3) is 5.91 Å². The van der Waals surface area contributed by atoms with Crippen LogP contribution in [-0.2, 0) is 0 Å². The van der Waals surface area contributed by atoms with Gasteiger partial charge < -0.3 is 15.5 Å². The van der Waals surface area contributed by atoms with Crippen LogP contribution in [0.1, 0.15) is 41.6 Å². The molecule has 1 heterocycles. The first kappa shape index (κ1) is 20.3. The minimum absolute atomic E-state index is 0.272. The summed E-state index contributed by atoms with van der Waals surface area (Å²) in [5.41, 5.74) is 4.29. The van der Waals surface area contributed by atoms with E-state index in [1.54, 1.807) is 13.0 Å². The molecule has 0 fully saturated rings. The van der Waals surface area contributed by atoms with Crippen LogP contribution in [0.3, 0.4) is 0 Å². The van der Waals surface area contributed by atoms with Crippen LogP contribution in [0, 0.1) is 6.92 Å². The summed E-state index contributed by atoms with van der Waals surface area (Å²) < 4.78 is 0. The van der Waals surface area contributed by atoms with Crippen LogP contribution in [-0.4, -0.2) is 30.0 Å². The fraction of sp³-hybridized carbons (Fsp3) is 0.261. The largest absolute Gasteiger partial charge is 0.378 e. The lowest BCUT2D eigenvalue weighted by Gasteiger charge is -2.13. The highest BCUT2D eigenvalue weighted by atomic mass is 16.1. The van der Waals surface area contributed by atoms with E-state index in [1.165, 1.54) is 5.56 Å². The van der Waals surface area contributed by atoms with Crippen molar-refractivity contribution in [3.63, 3.8) is 0 Å². The summed E-state index contributed by atoms with van der Waals surface area (Å²) in [5, 5.41) is 6.14. The molecular weight excluding hydrogens is 362 g/mol. The number of carbonyl (C=O) groups excluding carboxylic acids is 1. The number of hydrogen-bond donors (Lipinski definition) is 2. The SMILES string of the molecule is Cc1nc(Nc2ccc(C(C)C)cc2)cc(C(=O)Nc2ccc(N(C)C)cc2)n1. The second kappa shape index (κ2) is 8.73. The lowest BCUT2D eigenvalue weighted by Crippen LogP contribution is -2.15. The molecule has 0 aliphatic rings. The molecule has 2 N–H and O–H groups in total. The molecule has 0 atom stereocenters. The fourth-order valence-corrected chi connectivity index (χ4v) is 2.89. The maximum absolute atomic E-state index is 12.7. The van der Waals surface area contributed by atoms with Gasteiger partial charge in [-0.25, -0.2) is 9.97 Å². The summed E-state index contributed by atoms with van der Waals surface area (Å²) in [6, 6.07) is 17.5. The number of rotatable bonds is 6. The van der Waals surface area contributed by atoms with Crippen molar-refractivity contribution < 1.29 is 4.79 Å². The van der Waals surface area contributed by atoms with E-state index in [0.717, 1.165) is 17.1 Å². The zero-order chi connectivity index (χ0) is 21.0. The molecule has 3 rings (SSSR count). The van der Waals surface area contributed by atoms with Crippen LogP contribution in [0.2, 0.25) is 0 Å². The third kappa shape index (κ3) is 5.31. The molecule has 1 aromatic heterocycles. The van der Waals surface area contributed by atoms with Gasteiger partial charge in [0, 0.05) is 37.2 Å². The standard InChI is InChI=1S/C23H27N5O/c1-15(2)17-6-8-18(9-7-17)26-22-14-21(24-16(3)25-22)23(29)27-19-10-12-20(13-11-19)28(4)5/h6-15H,1-5H3,(H,27,29)(H,24,25,26). The van der Waals surface area contributed by atoms with Gasteiger partial charge in [-0.1, -0.05) is 26.0 Å². The fourth-order valence-electron chi connectivity index (χ4n) is 2.89. The highest BCUT2D eigenvalue weighted by molar-refractivity contribution is 6.03. The van der Waals surface area contributed by atoms with Gasteiger partial charge in [0.2, 0.25) is 0 Å². The molecule has 0 saturated carbocycles. The van der Waals surface area contributed by atoms with Gasteiger partial charge in [-0.05, 0) is 54.8 Å². The van der Waals surface area contributed by atoms with Crippen molar-refractivity contribution in [2.24, 2.45) is 0 Å². The van der Waals surface area contributed by atoms with Gasteiger partial charge >= 0.3 is 0 Å². The Labute approximate surface area is 172 Å². The van der Waals surface area contributed by atoms with E-state index in [4.69, 9.17) is 0 Å². The predicted molar refractivity (Wildman–Crippen MR) is 119 cm³/mol. The molecule has 6 heteroatoms. The van der Waals surface area contributed by atoms with Crippen LogP contribution < -0.4 is 15.5 Å². The van der Waals surface area contributed by atoms with Crippen molar-refractivity contribution >= 4 is 28.8 Å². The first-order valence-corrected chi connectivity index (χ1v) is 9.63. The summed E-state index contributed by atoms with van der Waals surface area (Å²) in [5.74, 6) is 1.32. The van der Waals surface area contributed by atoms with Crippen molar-refractivity contribution in [1.82, 2.24) is 9.97 Å². The summed E-state index contributed by atoms with van der Waals surface area (Å²) in [6.07, 6.45) is 0. The molecule has 0 spiro atoms. The average Bonchev–Trinajstić information content (AvgIpc) is 2.68. The average molecular weight is 390 g/mol. The predicted octanol–water partition coefficient (Wildman–Crippen LogP) is 4.97. The molecule has 6 nitrogen and oxygen atoms in total. The Bertz CT molecular complexity index is 979. The normalized spacial score (nSPS) is 10.7. The Balaban J connectivity index is 1.74. The Morgan fingerprint density at radius 3 is 2.14 bits per heavy atom. The zero-order valence-electron chi connectivity index (χ0n) is 17.5. The van der Waals surface area contributed by atoms with Gasteiger partial charge in [-0.15, -0.1) is 0 Å². The highest BCUT2D eigenvalue weighted by Crippen LogP contribution is 2.21. The van der Waals surface area contributed by atoms with Gasteiger partial charge in [0.15, 0.2) is 0 Å². The Hall–Kier alpha value is -3.41. The number of anilines is 4.